The number of hydrogen-bond donors (Lipinski definition) is 0. The van der Waals surface area contributed by atoms with Crippen molar-refractivity contribution in [2.24, 2.45) is 4.99 Å². The standard InChI is InChI=1S/C38H32BrN3O5S/c1-5-47-37(44)34-22(2)40-38-42(35(34)28-18-31(45-3)32(46-4)19-29(28)39)36(43)33(48-38)17-25-21-41(30-16-9-8-15-27(25)30)20-24-13-10-12-23-11-6-7-14-26(23)24/h6-19,21,35H,5,20H2,1-4H3/b33-17-/t35-/m1/s1. The van der Waals surface area contributed by atoms with E-state index in [1.807, 2.05) is 18.2 Å². The second-order valence-corrected chi connectivity index (χ2v) is 13.3. The third-order valence-electron chi connectivity index (χ3n) is 8.64. The number of nitrogens with zero attached hydrogens (tertiary/aromatic N) is 3. The zero-order valence-corrected chi connectivity index (χ0v) is 29.2. The van der Waals surface area contributed by atoms with E-state index in [0.29, 0.717) is 43.1 Å². The Bertz CT molecular complexity index is 2450. The molecule has 0 unspecified atom stereocenters. The summed E-state index contributed by atoms with van der Waals surface area (Å²) in [6, 6.07) is 25.7. The number of benzene rings is 4. The minimum absolute atomic E-state index is 0.183. The largest absolute Gasteiger partial charge is 0.493 e. The van der Waals surface area contributed by atoms with E-state index in [4.69, 9.17) is 19.2 Å². The molecule has 2 aromatic heterocycles. The highest BCUT2D eigenvalue weighted by Crippen LogP contribution is 2.41. The minimum atomic E-state index is -0.815. The molecule has 0 fully saturated rings. The Morgan fingerprint density at radius 2 is 1.69 bits per heavy atom. The molecule has 48 heavy (non-hydrogen) atoms. The number of aromatic nitrogens is 2. The van der Waals surface area contributed by atoms with Crippen LogP contribution < -0.4 is 24.4 Å². The maximum Gasteiger partial charge on any atom is 0.338 e. The Morgan fingerprint density at radius 1 is 0.979 bits per heavy atom. The average molecular weight is 723 g/mol. The third kappa shape index (κ3) is 5.44. The van der Waals surface area contributed by atoms with E-state index in [0.717, 1.165) is 16.5 Å². The van der Waals surface area contributed by atoms with Crippen LogP contribution in [0.1, 0.15) is 36.6 Å². The fraction of sp³-hybridized carbons (Fsp3) is 0.184. The number of carbonyl (C=O) groups excluding carboxylic acids is 1. The summed E-state index contributed by atoms with van der Waals surface area (Å²) in [5, 5.41) is 3.44. The zero-order chi connectivity index (χ0) is 33.5. The van der Waals surface area contributed by atoms with E-state index >= 15 is 0 Å². The smallest absolute Gasteiger partial charge is 0.338 e. The summed E-state index contributed by atoms with van der Waals surface area (Å²) in [6.07, 6.45) is 4.03. The molecule has 0 spiro atoms. The van der Waals surface area contributed by atoms with E-state index in [1.165, 1.54) is 27.7 Å². The van der Waals surface area contributed by atoms with Gasteiger partial charge in [-0.2, -0.15) is 0 Å². The highest BCUT2D eigenvalue weighted by molar-refractivity contribution is 9.10. The molecule has 7 rings (SSSR count). The third-order valence-corrected chi connectivity index (χ3v) is 10.3. The summed E-state index contributed by atoms with van der Waals surface area (Å²) in [7, 11) is 3.10. The molecular formula is C38H32BrN3O5S. The second-order valence-electron chi connectivity index (χ2n) is 11.4. The number of allylic oxidation sites excluding steroid dienone is 1. The molecular weight excluding hydrogens is 690 g/mol. The lowest BCUT2D eigenvalue weighted by molar-refractivity contribution is -0.139. The van der Waals surface area contributed by atoms with E-state index in [2.05, 4.69) is 81.3 Å². The number of methoxy groups -OCH3 is 2. The number of hydrogen-bond acceptors (Lipinski definition) is 7. The number of esters is 1. The van der Waals surface area contributed by atoms with Crippen LogP contribution in [0.25, 0.3) is 27.8 Å². The summed E-state index contributed by atoms with van der Waals surface area (Å²) < 4.78 is 21.5. The first kappa shape index (κ1) is 31.7. The summed E-state index contributed by atoms with van der Waals surface area (Å²) in [6.45, 7) is 4.38. The Morgan fingerprint density at radius 3 is 2.46 bits per heavy atom. The van der Waals surface area contributed by atoms with Gasteiger partial charge in [0.2, 0.25) is 0 Å². The van der Waals surface area contributed by atoms with E-state index in [1.54, 1.807) is 44.8 Å². The van der Waals surface area contributed by atoms with Gasteiger partial charge < -0.3 is 18.8 Å². The molecule has 0 bridgehead atoms. The van der Waals surface area contributed by atoms with Crippen molar-refractivity contribution in [2.45, 2.75) is 26.4 Å². The lowest BCUT2D eigenvalue weighted by atomic mass is 9.95. The van der Waals surface area contributed by atoms with E-state index < -0.39 is 12.0 Å². The molecule has 0 saturated carbocycles. The zero-order valence-electron chi connectivity index (χ0n) is 26.8. The van der Waals surface area contributed by atoms with Crippen LogP contribution in [0.3, 0.4) is 0 Å². The summed E-state index contributed by atoms with van der Waals surface area (Å²) in [4.78, 5) is 33.1. The summed E-state index contributed by atoms with van der Waals surface area (Å²) in [5.41, 5.74) is 4.35. The number of ether oxygens (including phenoxy) is 3. The summed E-state index contributed by atoms with van der Waals surface area (Å²) in [5.74, 6) is 0.449. The van der Waals surface area contributed by atoms with Gasteiger partial charge in [0.25, 0.3) is 5.56 Å². The normalized spacial score (nSPS) is 14.7. The van der Waals surface area contributed by atoms with Gasteiger partial charge in [0.05, 0.1) is 42.7 Å². The molecule has 8 nitrogen and oxygen atoms in total. The summed E-state index contributed by atoms with van der Waals surface area (Å²) >= 11 is 4.96. The van der Waals surface area contributed by atoms with Crippen LogP contribution >= 0.6 is 27.3 Å². The number of carbonyl (C=O) groups is 1. The van der Waals surface area contributed by atoms with E-state index in [9.17, 15) is 9.59 Å². The van der Waals surface area contributed by atoms with Crippen molar-refractivity contribution in [1.82, 2.24) is 9.13 Å². The number of halogens is 1. The number of thiazole rings is 1. The monoisotopic (exact) mass is 721 g/mol. The SMILES string of the molecule is CCOC(=O)C1=C(C)N=c2s/c(=C\c3cn(Cc4cccc5ccccc45)c4ccccc34)c(=O)n2[C@@H]1c1cc(OC)c(OC)cc1Br. The predicted molar refractivity (Wildman–Crippen MR) is 193 cm³/mol. The van der Waals surface area contributed by atoms with Gasteiger partial charge in [0.1, 0.15) is 0 Å². The van der Waals surface area contributed by atoms with Crippen molar-refractivity contribution in [3.8, 4) is 11.5 Å². The van der Waals surface area contributed by atoms with Gasteiger partial charge >= 0.3 is 5.97 Å². The lowest BCUT2D eigenvalue weighted by Crippen LogP contribution is -2.40. The molecule has 242 valence electrons. The first-order chi connectivity index (χ1) is 23.3. The van der Waals surface area contributed by atoms with Crippen LogP contribution in [0.2, 0.25) is 0 Å². The molecule has 0 aliphatic carbocycles. The van der Waals surface area contributed by atoms with Crippen LogP contribution in [0.15, 0.2) is 111 Å². The number of rotatable bonds is 8. The topological polar surface area (TPSA) is 84.1 Å². The van der Waals surface area contributed by atoms with Crippen LogP contribution in [0, 0.1) is 0 Å². The quantitative estimate of drug-likeness (QED) is 0.163. The Balaban J connectivity index is 1.40. The Labute approximate surface area is 289 Å². The first-order valence-electron chi connectivity index (χ1n) is 15.5. The molecule has 3 heterocycles. The molecule has 0 amide bonds. The van der Waals surface area contributed by atoms with Crippen molar-refractivity contribution < 1.29 is 19.0 Å². The minimum Gasteiger partial charge on any atom is -0.493 e. The molecule has 4 aromatic carbocycles. The number of fused-ring (bicyclic) bond motifs is 3. The Kier molecular flexibility index (Phi) is 8.53. The molecule has 0 saturated heterocycles. The predicted octanol–water partition coefficient (Wildman–Crippen LogP) is 6.73. The van der Waals surface area contributed by atoms with Gasteiger partial charge in [-0.15, -0.1) is 0 Å². The first-order valence-corrected chi connectivity index (χ1v) is 17.1. The van der Waals surface area contributed by atoms with Gasteiger partial charge in [-0.25, -0.2) is 9.79 Å². The van der Waals surface area contributed by atoms with Crippen molar-refractivity contribution in [2.75, 3.05) is 20.8 Å². The van der Waals surface area contributed by atoms with Gasteiger partial charge in [-0.3, -0.25) is 9.36 Å². The maximum absolute atomic E-state index is 14.4. The van der Waals surface area contributed by atoms with Gasteiger partial charge in [0.15, 0.2) is 16.3 Å². The number of para-hydroxylation sites is 1. The van der Waals surface area contributed by atoms with Gasteiger partial charge in [-0.05, 0) is 60.0 Å². The van der Waals surface area contributed by atoms with E-state index in [-0.39, 0.29) is 17.7 Å². The average Bonchev–Trinajstić information content (AvgIpc) is 3.59. The molecule has 10 heteroatoms. The fourth-order valence-electron chi connectivity index (χ4n) is 6.44. The molecule has 1 aliphatic rings. The Hall–Kier alpha value is -4.93. The highest BCUT2D eigenvalue weighted by atomic mass is 79.9. The van der Waals surface area contributed by atoms with Crippen molar-refractivity contribution in [1.29, 1.82) is 0 Å². The van der Waals surface area contributed by atoms with Gasteiger partial charge in [-0.1, -0.05) is 87.9 Å². The molecule has 1 atom stereocenters. The fourth-order valence-corrected chi connectivity index (χ4v) is 8.02. The second kappa shape index (κ2) is 12.9. The van der Waals surface area contributed by atoms with Crippen molar-refractivity contribution in [3.63, 3.8) is 0 Å². The maximum atomic E-state index is 14.4. The van der Waals surface area contributed by atoms with Gasteiger partial charge in [0, 0.05) is 33.7 Å². The molecule has 6 aromatic rings. The van der Waals surface area contributed by atoms with Crippen LogP contribution in [0.4, 0.5) is 0 Å². The van der Waals surface area contributed by atoms with Crippen LogP contribution in [-0.4, -0.2) is 35.9 Å². The van der Waals surface area contributed by atoms with Crippen LogP contribution in [-0.2, 0) is 16.1 Å². The van der Waals surface area contributed by atoms with Crippen molar-refractivity contribution >= 4 is 61.0 Å². The van der Waals surface area contributed by atoms with Crippen molar-refractivity contribution in [3.05, 3.63) is 137 Å². The van der Waals surface area contributed by atoms with Crippen LogP contribution in [0.5, 0.6) is 11.5 Å². The molecule has 0 radical (unpaired) electrons. The highest BCUT2D eigenvalue weighted by Gasteiger charge is 2.35. The lowest BCUT2D eigenvalue weighted by Gasteiger charge is -2.26. The molecule has 0 N–H and O–H groups in total. The molecule has 1 aliphatic heterocycles.